The van der Waals surface area contributed by atoms with E-state index in [1.807, 2.05) is 12.1 Å². The quantitative estimate of drug-likeness (QED) is 0.759. The molecule has 0 saturated heterocycles. The number of hydrogen-bond donors (Lipinski definition) is 1. The highest BCUT2D eigenvalue weighted by Gasteiger charge is 2.24. The number of halogens is 2. The first-order valence-corrected chi connectivity index (χ1v) is 7.44. The van der Waals surface area contributed by atoms with Crippen molar-refractivity contribution in [2.45, 2.75) is 12.5 Å². The van der Waals surface area contributed by atoms with E-state index in [0.29, 0.717) is 17.9 Å². The summed E-state index contributed by atoms with van der Waals surface area (Å²) >= 11 is 0. The number of pyridine rings is 1. The number of benzene rings is 2. The topological polar surface area (TPSA) is 34.1 Å². The summed E-state index contributed by atoms with van der Waals surface area (Å²) in [6, 6.07) is 11.2. The number of para-hydroxylation sites is 1. The van der Waals surface area contributed by atoms with Gasteiger partial charge in [-0.25, -0.2) is 8.78 Å². The average Bonchev–Trinajstić information content (AvgIpc) is 2.56. The first-order valence-electron chi connectivity index (χ1n) is 7.44. The summed E-state index contributed by atoms with van der Waals surface area (Å²) in [5.74, 6) is -0.364. The Balaban J connectivity index is 1.74. The maximum Gasteiger partial charge on any atom is 0.165 e. The summed E-state index contributed by atoms with van der Waals surface area (Å²) in [4.78, 5) is 4.19. The average molecular weight is 312 g/mol. The smallest absolute Gasteiger partial charge is 0.165 e. The molecular weight excluding hydrogens is 298 g/mol. The van der Waals surface area contributed by atoms with Crippen LogP contribution < -0.4 is 10.1 Å². The fraction of sp³-hybridized carbons (Fsp3) is 0.167. The van der Waals surface area contributed by atoms with Crippen molar-refractivity contribution < 1.29 is 13.5 Å². The van der Waals surface area contributed by atoms with Crippen molar-refractivity contribution in [1.29, 1.82) is 0 Å². The number of fused-ring (bicyclic) bond motifs is 2. The number of nitrogens with one attached hydrogen (secondary N) is 1. The highest BCUT2D eigenvalue weighted by Crippen LogP contribution is 2.37. The second-order valence-electron chi connectivity index (χ2n) is 5.51. The third-order valence-electron chi connectivity index (χ3n) is 4.06. The van der Waals surface area contributed by atoms with Gasteiger partial charge in [-0.2, -0.15) is 0 Å². The predicted octanol–water partition coefficient (Wildman–Crippen LogP) is 4.45. The Bertz CT molecular complexity index is 882. The zero-order chi connectivity index (χ0) is 15.8. The normalized spacial score (nSPS) is 16.7. The molecular formula is C18H14F2N2O. The third kappa shape index (κ3) is 2.48. The largest absolute Gasteiger partial charge is 0.490 e. The fourth-order valence-corrected chi connectivity index (χ4v) is 2.97. The molecule has 0 bridgehead atoms. The summed E-state index contributed by atoms with van der Waals surface area (Å²) in [5, 5.41) is 4.25. The molecule has 0 fully saturated rings. The molecule has 2 aromatic carbocycles. The minimum absolute atomic E-state index is 0.0647. The van der Waals surface area contributed by atoms with E-state index in [1.54, 1.807) is 18.3 Å². The van der Waals surface area contributed by atoms with Gasteiger partial charge < -0.3 is 10.1 Å². The van der Waals surface area contributed by atoms with Crippen LogP contribution in [0.15, 0.2) is 48.7 Å². The minimum Gasteiger partial charge on any atom is -0.490 e. The summed E-state index contributed by atoms with van der Waals surface area (Å²) < 4.78 is 32.7. The van der Waals surface area contributed by atoms with Crippen molar-refractivity contribution in [2.24, 2.45) is 0 Å². The van der Waals surface area contributed by atoms with Gasteiger partial charge in [-0.3, -0.25) is 4.98 Å². The summed E-state index contributed by atoms with van der Waals surface area (Å²) in [6.07, 6.45) is 2.36. The highest BCUT2D eigenvalue weighted by atomic mass is 19.1. The molecule has 0 amide bonds. The molecule has 0 saturated carbocycles. The van der Waals surface area contributed by atoms with Crippen LogP contribution in [-0.4, -0.2) is 11.6 Å². The Morgan fingerprint density at radius 1 is 1.13 bits per heavy atom. The molecule has 3 nitrogen and oxygen atoms in total. The fourth-order valence-electron chi connectivity index (χ4n) is 2.97. The molecule has 2 heterocycles. The van der Waals surface area contributed by atoms with E-state index in [2.05, 4.69) is 10.3 Å². The van der Waals surface area contributed by atoms with E-state index >= 15 is 0 Å². The van der Waals surface area contributed by atoms with Crippen LogP contribution in [0.5, 0.6) is 5.75 Å². The molecule has 4 rings (SSSR count). The Hall–Kier alpha value is -2.69. The van der Waals surface area contributed by atoms with Crippen LogP contribution in [0.3, 0.4) is 0 Å². The number of aromatic nitrogens is 1. The van der Waals surface area contributed by atoms with Crippen molar-refractivity contribution in [1.82, 2.24) is 4.98 Å². The van der Waals surface area contributed by atoms with Crippen LogP contribution in [0.4, 0.5) is 14.5 Å². The van der Waals surface area contributed by atoms with Crippen LogP contribution in [0.2, 0.25) is 0 Å². The van der Waals surface area contributed by atoms with E-state index in [9.17, 15) is 8.78 Å². The monoisotopic (exact) mass is 312 g/mol. The number of anilines is 1. The number of hydrogen-bond acceptors (Lipinski definition) is 3. The lowest BCUT2D eigenvalue weighted by Gasteiger charge is -2.28. The van der Waals surface area contributed by atoms with Gasteiger partial charge in [-0.15, -0.1) is 0 Å². The first-order chi connectivity index (χ1) is 11.2. The van der Waals surface area contributed by atoms with Crippen LogP contribution in [0.1, 0.15) is 18.0 Å². The summed E-state index contributed by atoms with van der Waals surface area (Å²) in [6.45, 7) is 0.448. The molecule has 1 aliphatic heterocycles. The van der Waals surface area contributed by atoms with Crippen LogP contribution in [-0.2, 0) is 0 Å². The maximum absolute atomic E-state index is 13.9. The van der Waals surface area contributed by atoms with Gasteiger partial charge in [0.25, 0.3) is 0 Å². The summed E-state index contributed by atoms with van der Waals surface area (Å²) in [7, 11) is 0. The van der Waals surface area contributed by atoms with Crippen molar-refractivity contribution in [3.05, 3.63) is 65.9 Å². The van der Waals surface area contributed by atoms with Crippen molar-refractivity contribution >= 4 is 16.6 Å². The van der Waals surface area contributed by atoms with Gasteiger partial charge in [0.15, 0.2) is 11.6 Å². The Morgan fingerprint density at radius 3 is 2.96 bits per heavy atom. The van der Waals surface area contributed by atoms with E-state index in [4.69, 9.17) is 4.74 Å². The Morgan fingerprint density at radius 2 is 2.04 bits per heavy atom. The van der Waals surface area contributed by atoms with Gasteiger partial charge in [-0.1, -0.05) is 12.1 Å². The van der Waals surface area contributed by atoms with Gasteiger partial charge in [-0.05, 0) is 24.3 Å². The molecule has 3 aromatic rings. The van der Waals surface area contributed by atoms with Crippen LogP contribution in [0.25, 0.3) is 10.9 Å². The number of nitrogens with zero attached hydrogens (tertiary/aromatic N) is 1. The molecule has 23 heavy (non-hydrogen) atoms. The molecule has 5 heteroatoms. The highest BCUT2D eigenvalue weighted by molar-refractivity contribution is 5.91. The molecule has 0 spiro atoms. The van der Waals surface area contributed by atoms with Crippen LogP contribution in [0, 0.1) is 11.6 Å². The van der Waals surface area contributed by atoms with Crippen molar-refractivity contribution in [3.8, 4) is 5.75 Å². The Labute approximate surface area is 131 Å². The summed E-state index contributed by atoms with van der Waals surface area (Å²) in [5.41, 5.74) is 2.22. The lowest BCUT2D eigenvalue weighted by atomic mass is 9.99. The van der Waals surface area contributed by atoms with Gasteiger partial charge >= 0.3 is 0 Å². The zero-order valence-electron chi connectivity index (χ0n) is 12.2. The van der Waals surface area contributed by atoms with E-state index in [1.165, 1.54) is 18.2 Å². The molecule has 0 unspecified atom stereocenters. The van der Waals surface area contributed by atoms with E-state index < -0.39 is 0 Å². The van der Waals surface area contributed by atoms with Crippen molar-refractivity contribution in [2.75, 3.05) is 11.9 Å². The lowest BCUT2D eigenvalue weighted by Crippen LogP contribution is -2.21. The molecule has 1 aromatic heterocycles. The number of ether oxygens (including phenoxy) is 1. The van der Waals surface area contributed by atoms with Gasteiger partial charge in [0.2, 0.25) is 0 Å². The second-order valence-corrected chi connectivity index (χ2v) is 5.51. The van der Waals surface area contributed by atoms with E-state index in [-0.39, 0.29) is 17.7 Å². The van der Waals surface area contributed by atoms with Gasteiger partial charge in [0, 0.05) is 35.3 Å². The van der Waals surface area contributed by atoms with Crippen molar-refractivity contribution in [3.63, 3.8) is 0 Å². The van der Waals surface area contributed by atoms with E-state index in [0.717, 1.165) is 23.1 Å². The van der Waals surface area contributed by atoms with Gasteiger partial charge in [0.1, 0.15) is 5.82 Å². The minimum atomic E-state index is -0.351. The second kappa shape index (κ2) is 5.50. The SMILES string of the molecule is Fc1ccc2c(N[C@H]3CCOc4c(F)cccc43)ccnc2c1. The molecule has 1 N–H and O–H groups in total. The first kappa shape index (κ1) is 13.9. The maximum atomic E-state index is 13.9. The molecule has 1 aliphatic rings. The molecule has 1 atom stereocenters. The zero-order valence-corrected chi connectivity index (χ0v) is 12.2. The third-order valence-corrected chi connectivity index (χ3v) is 4.06. The predicted molar refractivity (Wildman–Crippen MR) is 84.6 cm³/mol. The lowest BCUT2D eigenvalue weighted by molar-refractivity contribution is 0.260. The van der Waals surface area contributed by atoms with Crippen LogP contribution >= 0.6 is 0 Å². The number of rotatable bonds is 2. The molecule has 116 valence electrons. The molecule has 0 radical (unpaired) electrons. The standard InChI is InChI=1S/C18H14F2N2O/c19-11-4-5-12-15(6-8-21-17(12)10-11)22-16-7-9-23-18-13(16)2-1-3-14(18)20/h1-6,8,10,16H,7,9H2,(H,21,22)/t16-/m0/s1. The Kier molecular flexibility index (Phi) is 3.33. The molecule has 0 aliphatic carbocycles. The van der Waals surface area contributed by atoms with Gasteiger partial charge in [0.05, 0.1) is 18.2 Å².